The summed E-state index contributed by atoms with van der Waals surface area (Å²) < 4.78 is 0. The molecule has 0 bridgehead atoms. The maximum Gasteiger partial charge on any atom is 0.225 e. The van der Waals surface area contributed by atoms with Crippen molar-refractivity contribution < 1.29 is 9.90 Å². The molecule has 0 aliphatic heterocycles. The summed E-state index contributed by atoms with van der Waals surface area (Å²) in [4.78, 5) is 14.0. The first-order valence-corrected chi connectivity index (χ1v) is 6.90. The van der Waals surface area contributed by atoms with Gasteiger partial charge in [0.1, 0.15) is 0 Å². The van der Waals surface area contributed by atoms with Gasteiger partial charge in [0.2, 0.25) is 5.91 Å². The van der Waals surface area contributed by atoms with Crippen LogP contribution in [0, 0.1) is 5.92 Å². The van der Waals surface area contributed by atoms with Crippen molar-refractivity contribution in [2.45, 2.75) is 25.4 Å². The molecule has 4 nitrogen and oxygen atoms in total. The van der Waals surface area contributed by atoms with E-state index in [-0.39, 0.29) is 11.8 Å². The van der Waals surface area contributed by atoms with Crippen molar-refractivity contribution in [2.24, 2.45) is 5.92 Å². The minimum absolute atomic E-state index is 0.00791. The predicted octanol–water partition coefficient (Wildman–Crippen LogP) is 1.40. The van der Waals surface area contributed by atoms with Crippen LogP contribution in [-0.4, -0.2) is 37.3 Å². The number of hydrogen-bond donors (Lipinski definition) is 2. The highest BCUT2D eigenvalue weighted by atomic mass is 16.3. The maximum absolute atomic E-state index is 11.9. The first-order valence-electron chi connectivity index (χ1n) is 6.90. The van der Waals surface area contributed by atoms with Gasteiger partial charge in [0.05, 0.1) is 12.0 Å². The summed E-state index contributed by atoms with van der Waals surface area (Å²) in [7, 11) is 2.01. The van der Waals surface area contributed by atoms with Crippen molar-refractivity contribution in [2.75, 3.05) is 25.0 Å². The molecular weight excluding hydrogens is 240 g/mol. The Bertz CT molecular complexity index is 408. The molecule has 1 aromatic carbocycles. The molecule has 1 aliphatic rings. The number of carbonyl (C=O) groups excluding carboxylic acids is 1. The number of para-hydroxylation sites is 1. The van der Waals surface area contributed by atoms with Crippen LogP contribution in [0.2, 0.25) is 0 Å². The van der Waals surface area contributed by atoms with E-state index in [1.54, 1.807) is 0 Å². The SMILES string of the molecule is CN(CCNC(=O)C1CCCC1O)c1ccccc1. The van der Waals surface area contributed by atoms with Gasteiger partial charge < -0.3 is 15.3 Å². The molecule has 0 spiro atoms. The van der Waals surface area contributed by atoms with Crippen molar-refractivity contribution >= 4 is 11.6 Å². The minimum atomic E-state index is -0.452. The molecule has 1 aliphatic carbocycles. The molecule has 0 aromatic heterocycles. The zero-order valence-electron chi connectivity index (χ0n) is 11.4. The predicted molar refractivity (Wildman–Crippen MR) is 76.1 cm³/mol. The van der Waals surface area contributed by atoms with Crippen LogP contribution in [0.3, 0.4) is 0 Å². The van der Waals surface area contributed by atoms with Gasteiger partial charge in [-0.3, -0.25) is 4.79 Å². The Morgan fingerprint density at radius 2 is 2.11 bits per heavy atom. The highest BCUT2D eigenvalue weighted by Gasteiger charge is 2.30. The van der Waals surface area contributed by atoms with Crippen molar-refractivity contribution in [1.29, 1.82) is 0 Å². The summed E-state index contributed by atoms with van der Waals surface area (Å²) in [6.45, 7) is 1.37. The largest absolute Gasteiger partial charge is 0.392 e. The summed E-state index contributed by atoms with van der Waals surface area (Å²) in [5, 5.41) is 12.6. The Kier molecular flexibility index (Phi) is 4.80. The van der Waals surface area contributed by atoms with Crippen molar-refractivity contribution in [3.8, 4) is 0 Å². The number of aliphatic hydroxyl groups is 1. The highest BCUT2D eigenvalue weighted by molar-refractivity contribution is 5.79. The molecule has 2 N–H and O–H groups in total. The molecule has 1 aromatic rings. The molecule has 0 saturated heterocycles. The van der Waals surface area contributed by atoms with E-state index in [4.69, 9.17) is 0 Å². The van der Waals surface area contributed by atoms with Crippen LogP contribution < -0.4 is 10.2 Å². The Hall–Kier alpha value is -1.55. The van der Waals surface area contributed by atoms with Gasteiger partial charge in [-0.1, -0.05) is 18.2 Å². The molecule has 1 amide bonds. The second-order valence-electron chi connectivity index (χ2n) is 5.15. The van der Waals surface area contributed by atoms with Crippen molar-refractivity contribution in [3.05, 3.63) is 30.3 Å². The molecular formula is C15H22N2O2. The minimum Gasteiger partial charge on any atom is -0.392 e. The first-order chi connectivity index (χ1) is 9.18. The number of nitrogens with zero attached hydrogens (tertiary/aromatic N) is 1. The first kappa shape index (κ1) is 13.9. The summed E-state index contributed by atoms with van der Waals surface area (Å²) in [5.41, 5.74) is 1.14. The number of benzene rings is 1. The van der Waals surface area contributed by atoms with Gasteiger partial charge in [-0.25, -0.2) is 0 Å². The summed E-state index contributed by atoms with van der Waals surface area (Å²) in [6.07, 6.45) is 2.05. The van der Waals surface area contributed by atoms with E-state index in [1.807, 2.05) is 37.4 Å². The zero-order chi connectivity index (χ0) is 13.7. The van der Waals surface area contributed by atoms with Crippen LogP contribution in [0.4, 0.5) is 5.69 Å². The van der Waals surface area contributed by atoms with E-state index in [9.17, 15) is 9.90 Å². The van der Waals surface area contributed by atoms with E-state index >= 15 is 0 Å². The number of amides is 1. The molecule has 4 heteroatoms. The molecule has 2 unspecified atom stereocenters. The van der Waals surface area contributed by atoms with Gasteiger partial charge in [0, 0.05) is 25.8 Å². The number of carbonyl (C=O) groups is 1. The van der Waals surface area contributed by atoms with Gasteiger partial charge >= 0.3 is 0 Å². The fourth-order valence-corrected chi connectivity index (χ4v) is 2.54. The summed E-state index contributed by atoms with van der Waals surface area (Å²) in [6, 6.07) is 10.1. The van der Waals surface area contributed by atoms with Crippen LogP contribution in [0.5, 0.6) is 0 Å². The summed E-state index contributed by atoms with van der Waals surface area (Å²) >= 11 is 0. The molecule has 1 fully saturated rings. The molecule has 19 heavy (non-hydrogen) atoms. The molecule has 2 rings (SSSR count). The lowest BCUT2D eigenvalue weighted by Gasteiger charge is -2.20. The lowest BCUT2D eigenvalue weighted by molar-refractivity contribution is -0.127. The van der Waals surface area contributed by atoms with E-state index < -0.39 is 6.10 Å². The van der Waals surface area contributed by atoms with Crippen LogP contribution >= 0.6 is 0 Å². The van der Waals surface area contributed by atoms with Crippen molar-refractivity contribution in [3.63, 3.8) is 0 Å². The lowest BCUT2D eigenvalue weighted by atomic mass is 10.1. The number of rotatable bonds is 5. The van der Waals surface area contributed by atoms with Gasteiger partial charge in [0.15, 0.2) is 0 Å². The fourth-order valence-electron chi connectivity index (χ4n) is 2.54. The third-order valence-electron chi connectivity index (χ3n) is 3.76. The maximum atomic E-state index is 11.9. The van der Waals surface area contributed by atoms with Gasteiger partial charge in [-0.05, 0) is 31.4 Å². The Morgan fingerprint density at radius 3 is 2.74 bits per heavy atom. The van der Waals surface area contributed by atoms with E-state index in [0.717, 1.165) is 31.5 Å². The van der Waals surface area contributed by atoms with E-state index in [2.05, 4.69) is 10.2 Å². The molecule has 0 heterocycles. The van der Waals surface area contributed by atoms with E-state index in [1.165, 1.54) is 0 Å². The van der Waals surface area contributed by atoms with Crippen LogP contribution in [0.1, 0.15) is 19.3 Å². The third-order valence-corrected chi connectivity index (χ3v) is 3.76. The Balaban J connectivity index is 1.73. The summed E-state index contributed by atoms with van der Waals surface area (Å²) in [5.74, 6) is -0.214. The monoisotopic (exact) mass is 262 g/mol. The molecule has 2 atom stereocenters. The van der Waals surface area contributed by atoms with Crippen LogP contribution in [0.15, 0.2) is 30.3 Å². The average Bonchev–Trinajstić information content (AvgIpc) is 2.86. The standard InChI is InChI=1S/C15H22N2O2/c1-17(12-6-3-2-4-7-12)11-10-16-15(19)13-8-5-9-14(13)18/h2-4,6-7,13-14,18H,5,8-11H2,1H3,(H,16,19). The quantitative estimate of drug-likeness (QED) is 0.843. The van der Waals surface area contributed by atoms with Crippen LogP contribution in [-0.2, 0) is 4.79 Å². The smallest absolute Gasteiger partial charge is 0.225 e. The second-order valence-corrected chi connectivity index (χ2v) is 5.15. The van der Waals surface area contributed by atoms with Gasteiger partial charge in [-0.15, -0.1) is 0 Å². The Morgan fingerprint density at radius 1 is 1.37 bits per heavy atom. The zero-order valence-corrected chi connectivity index (χ0v) is 11.4. The second kappa shape index (κ2) is 6.57. The number of hydrogen-bond acceptors (Lipinski definition) is 3. The van der Waals surface area contributed by atoms with E-state index in [0.29, 0.717) is 6.54 Å². The topological polar surface area (TPSA) is 52.6 Å². The number of nitrogens with one attached hydrogen (secondary N) is 1. The third kappa shape index (κ3) is 3.70. The van der Waals surface area contributed by atoms with Gasteiger partial charge in [0.25, 0.3) is 0 Å². The van der Waals surface area contributed by atoms with Crippen LogP contribution in [0.25, 0.3) is 0 Å². The highest BCUT2D eigenvalue weighted by Crippen LogP contribution is 2.25. The average molecular weight is 262 g/mol. The molecule has 104 valence electrons. The normalized spacial score (nSPS) is 22.2. The lowest BCUT2D eigenvalue weighted by Crippen LogP contribution is -2.38. The number of likely N-dealkylation sites (N-methyl/N-ethyl adjacent to an activating group) is 1. The van der Waals surface area contributed by atoms with Crippen molar-refractivity contribution in [1.82, 2.24) is 5.32 Å². The van der Waals surface area contributed by atoms with Gasteiger partial charge in [-0.2, -0.15) is 0 Å². The molecule has 0 radical (unpaired) electrons. The molecule has 1 saturated carbocycles. The Labute approximate surface area is 114 Å². The number of anilines is 1. The fraction of sp³-hybridized carbons (Fsp3) is 0.533. The number of aliphatic hydroxyl groups excluding tert-OH is 1.